The fraction of sp³-hybridized carbons (Fsp3) is 0.273. The molecule has 1 aromatic carbocycles. The molecule has 0 saturated heterocycles. The maximum absolute atomic E-state index is 11.3. The molecule has 6 heteroatoms. The average Bonchev–Trinajstić information content (AvgIpc) is 2.36. The lowest BCUT2D eigenvalue weighted by atomic mass is 10.0. The molecule has 0 aromatic heterocycles. The monoisotopic (exact) mass is 237 g/mol. The minimum Gasteiger partial charge on any atom is -0.507 e. The summed E-state index contributed by atoms with van der Waals surface area (Å²) in [6.07, 6.45) is -3.06. The van der Waals surface area contributed by atoms with E-state index in [4.69, 9.17) is 10.4 Å². The molecule has 3 N–H and O–H groups in total. The van der Waals surface area contributed by atoms with Gasteiger partial charge in [-0.1, -0.05) is 6.07 Å². The molecule has 1 aromatic rings. The van der Waals surface area contributed by atoms with Crippen LogP contribution in [0.4, 0.5) is 0 Å². The summed E-state index contributed by atoms with van der Waals surface area (Å²) < 4.78 is 4.43. The third-order valence-electron chi connectivity index (χ3n) is 2.20. The fourth-order valence-electron chi connectivity index (χ4n) is 1.26. The van der Waals surface area contributed by atoms with Crippen LogP contribution in [0.5, 0.6) is 5.75 Å². The van der Waals surface area contributed by atoms with Gasteiger partial charge in [-0.25, -0.2) is 4.79 Å². The molecule has 90 valence electrons. The second-order valence-electron chi connectivity index (χ2n) is 3.29. The summed E-state index contributed by atoms with van der Waals surface area (Å²) in [5, 5.41) is 36.5. The highest BCUT2D eigenvalue weighted by Gasteiger charge is 2.20. The van der Waals surface area contributed by atoms with Crippen LogP contribution < -0.4 is 0 Å². The number of methoxy groups -OCH3 is 1. The summed E-state index contributed by atoms with van der Waals surface area (Å²) >= 11 is 0. The molecule has 6 nitrogen and oxygen atoms in total. The molecular formula is C11H11NO5. The number of nitrogens with zero attached hydrogens (tertiary/aromatic N) is 1. The summed E-state index contributed by atoms with van der Waals surface area (Å²) in [4.78, 5) is 11.3. The molecule has 0 bridgehead atoms. The average molecular weight is 237 g/mol. The number of ether oxygens (including phenoxy) is 1. The van der Waals surface area contributed by atoms with Gasteiger partial charge in [-0.15, -0.1) is 0 Å². The summed E-state index contributed by atoms with van der Waals surface area (Å²) in [6, 6.07) is 5.10. The van der Waals surface area contributed by atoms with Crippen LogP contribution in [0, 0.1) is 11.3 Å². The Morgan fingerprint density at radius 1 is 1.47 bits per heavy atom. The van der Waals surface area contributed by atoms with Gasteiger partial charge in [-0.05, 0) is 17.7 Å². The molecule has 0 aliphatic heterocycles. The van der Waals surface area contributed by atoms with Gasteiger partial charge in [0.2, 0.25) is 0 Å². The second kappa shape index (κ2) is 5.30. The van der Waals surface area contributed by atoms with Crippen LogP contribution in [0.25, 0.3) is 0 Å². The number of aliphatic hydroxyl groups excluding tert-OH is 2. The zero-order valence-corrected chi connectivity index (χ0v) is 8.99. The van der Waals surface area contributed by atoms with E-state index in [-0.39, 0.29) is 16.9 Å². The van der Waals surface area contributed by atoms with Crippen LogP contribution in [0.3, 0.4) is 0 Å². The van der Waals surface area contributed by atoms with Crippen molar-refractivity contribution in [2.75, 3.05) is 7.11 Å². The van der Waals surface area contributed by atoms with Gasteiger partial charge in [0.15, 0.2) is 6.10 Å². The van der Waals surface area contributed by atoms with Gasteiger partial charge < -0.3 is 20.1 Å². The lowest BCUT2D eigenvalue weighted by Crippen LogP contribution is -2.16. The highest BCUT2D eigenvalue weighted by atomic mass is 16.5. The Kier molecular flexibility index (Phi) is 4.04. The van der Waals surface area contributed by atoms with Gasteiger partial charge >= 0.3 is 5.97 Å². The van der Waals surface area contributed by atoms with Gasteiger partial charge in [-0.2, -0.15) is 5.26 Å². The van der Waals surface area contributed by atoms with Crippen LogP contribution in [0.15, 0.2) is 18.2 Å². The Labute approximate surface area is 97.3 Å². The number of benzene rings is 1. The number of hydrogen-bond donors (Lipinski definition) is 3. The van der Waals surface area contributed by atoms with Crippen molar-refractivity contribution in [2.24, 2.45) is 0 Å². The van der Waals surface area contributed by atoms with Crippen molar-refractivity contribution >= 4 is 5.97 Å². The van der Waals surface area contributed by atoms with E-state index in [2.05, 4.69) is 4.74 Å². The van der Waals surface area contributed by atoms with Crippen molar-refractivity contribution in [1.82, 2.24) is 0 Å². The number of carbonyl (C=O) groups excluding carboxylic acids is 1. The molecule has 0 aliphatic carbocycles. The minimum atomic E-state index is -1.61. The first-order valence-electron chi connectivity index (χ1n) is 4.68. The molecule has 2 atom stereocenters. The standard InChI is InChI=1S/C11H11NO5/c1-17-11(16)7-4-6(2-3-8(7)13)10(15)9(14)5-12/h2-4,9-10,13-15H,1H3. The van der Waals surface area contributed by atoms with Gasteiger partial charge in [0.25, 0.3) is 0 Å². The molecule has 17 heavy (non-hydrogen) atoms. The van der Waals surface area contributed by atoms with Crippen molar-refractivity contribution in [2.45, 2.75) is 12.2 Å². The Bertz CT molecular complexity index is 465. The van der Waals surface area contributed by atoms with Crippen molar-refractivity contribution in [3.8, 4) is 11.8 Å². The van der Waals surface area contributed by atoms with E-state index in [0.717, 1.165) is 13.2 Å². The number of phenolic OH excluding ortho intramolecular Hbond substituents is 1. The lowest BCUT2D eigenvalue weighted by Gasteiger charge is -2.13. The zero-order valence-electron chi connectivity index (χ0n) is 8.99. The Morgan fingerprint density at radius 3 is 2.65 bits per heavy atom. The zero-order chi connectivity index (χ0) is 13.0. The van der Waals surface area contributed by atoms with Gasteiger partial charge in [-0.3, -0.25) is 0 Å². The number of carbonyl (C=O) groups is 1. The van der Waals surface area contributed by atoms with Gasteiger partial charge in [0.1, 0.15) is 17.4 Å². The number of aliphatic hydroxyl groups is 2. The normalized spacial score (nSPS) is 13.5. The SMILES string of the molecule is COC(=O)c1cc(C(O)C(O)C#N)ccc1O. The number of rotatable bonds is 3. The summed E-state index contributed by atoms with van der Waals surface area (Å²) in [5.74, 6) is -1.08. The smallest absolute Gasteiger partial charge is 0.341 e. The van der Waals surface area contributed by atoms with Crippen molar-refractivity contribution < 1.29 is 24.9 Å². The van der Waals surface area contributed by atoms with E-state index in [1.807, 2.05) is 0 Å². The largest absolute Gasteiger partial charge is 0.507 e. The fourth-order valence-corrected chi connectivity index (χ4v) is 1.26. The van der Waals surface area contributed by atoms with Gasteiger partial charge in [0.05, 0.1) is 13.2 Å². The van der Waals surface area contributed by atoms with E-state index >= 15 is 0 Å². The molecule has 0 spiro atoms. The van der Waals surface area contributed by atoms with E-state index in [1.165, 1.54) is 18.2 Å². The summed E-state index contributed by atoms with van der Waals surface area (Å²) in [5.41, 5.74) is -0.00793. The third kappa shape index (κ3) is 2.72. The van der Waals surface area contributed by atoms with Crippen LogP contribution in [0.1, 0.15) is 22.0 Å². The molecule has 0 saturated carbocycles. The minimum absolute atomic E-state index is 0.136. The summed E-state index contributed by atoms with van der Waals surface area (Å²) in [6.45, 7) is 0. The number of aromatic hydroxyl groups is 1. The Balaban J connectivity index is 3.13. The maximum Gasteiger partial charge on any atom is 0.341 e. The quantitative estimate of drug-likeness (QED) is 0.507. The molecule has 0 fully saturated rings. The van der Waals surface area contributed by atoms with E-state index in [9.17, 15) is 15.0 Å². The maximum atomic E-state index is 11.3. The molecule has 0 radical (unpaired) electrons. The number of nitriles is 1. The van der Waals surface area contributed by atoms with Gasteiger partial charge in [0, 0.05) is 0 Å². The Hall–Kier alpha value is -2.10. The van der Waals surface area contributed by atoms with E-state index < -0.39 is 18.2 Å². The summed E-state index contributed by atoms with van der Waals surface area (Å²) in [7, 11) is 1.15. The highest BCUT2D eigenvalue weighted by molar-refractivity contribution is 5.92. The third-order valence-corrected chi connectivity index (χ3v) is 2.20. The molecule has 2 unspecified atom stereocenters. The predicted molar refractivity (Wildman–Crippen MR) is 56.0 cm³/mol. The van der Waals surface area contributed by atoms with E-state index in [1.54, 1.807) is 0 Å². The van der Waals surface area contributed by atoms with Crippen LogP contribution in [0.2, 0.25) is 0 Å². The number of esters is 1. The van der Waals surface area contributed by atoms with E-state index in [0.29, 0.717) is 0 Å². The first-order chi connectivity index (χ1) is 8.01. The highest BCUT2D eigenvalue weighted by Crippen LogP contribution is 2.24. The molecular weight excluding hydrogens is 226 g/mol. The molecule has 0 amide bonds. The topological polar surface area (TPSA) is 111 Å². The molecule has 0 heterocycles. The van der Waals surface area contributed by atoms with Crippen LogP contribution in [-0.2, 0) is 4.74 Å². The number of phenols is 1. The molecule has 0 aliphatic rings. The predicted octanol–water partition coefficient (Wildman–Crippen LogP) is 0.0967. The van der Waals surface area contributed by atoms with Crippen molar-refractivity contribution in [1.29, 1.82) is 5.26 Å². The second-order valence-corrected chi connectivity index (χ2v) is 3.29. The first-order valence-corrected chi connectivity index (χ1v) is 4.68. The number of hydrogen-bond acceptors (Lipinski definition) is 6. The lowest BCUT2D eigenvalue weighted by molar-refractivity contribution is 0.0521. The molecule has 1 rings (SSSR count). The van der Waals surface area contributed by atoms with Crippen molar-refractivity contribution in [3.05, 3.63) is 29.3 Å². The van der Waals surface area contributed by atoms with Crippen molar-refractivity contribution in [3.63, 3.8) is 0 Å². The van der Waals surface area contributed by atoms with Crippen LogP contribution >= 0.6 is 0 Å². The first kappa shape index (κ1) is 13.0. The van der Waals surface area contributed by atoms with Crippen LogP contribution in [-0.4, -0.2) is 34.5 Å². The Morgan fingerprint density at radius 2 is 2.12 bits per heavy atom.